The summed E-state index contributed by atoms with van der Waals surface area (Å²) in [6.07, 6.45) is 1.47. The molecule has 1 N–H and O–H groups in total. The van der Waals surface area contributed by atoms with Gasteiger partial charge in [-0.2, -0.15) is 0 Å². The van der Waals surface area contributed by atoms with E-state index in [9.17, 15) is 9.59 Å². The SMILES string of the molecule is Cc1c(C(C)NC(=O)c2sc3ncn(C)c(=O)c3c2C)oc2ccccc12. The minimum atomic E-state index is -0.301. The van der Waals surface area contributed by atoms with E-state index >= 15 is 0 Å². The van der Waals surface area contributed by atoms with Crippen LogP contribution in [0.4, 0.5) is 0 Å². The molecule has 0 spiro atoms. The number of carbonyl (C=O) groups is 1. The molecule has 0 saturated heterocycles. The van der Waals surface area contributed by atoms with Gasteiger partial charge in [0.15, 0.2) is 0 Å². The number of hydrogen-bond donors (Lipinski definition) is 1. The van der Waals surface area contributed by atoms with E-state index in [1.807, 2.05) is 38.1 Å². The Kier molecular flexibility index (Phi) is 4.11. The van der Waals surface area contributed by atoms with Crippen molar-refractivity contribution in [3.8, 4) is 0 Å². The Bertz CT molecular complexity index is 1250. The molecule has 1 unspecified atom stereocenters. The number of furan rings is 1. The average molecular weight is 381 g/mol. The van der Waals surface area contributed by atoms with Crippen LogP contribution in [0.2, 0.25) is 0 Å². The van der Waals surface area contributed by atoms with Gasteiger partial charge in [-0.15, -0.1) is 11.3 Å². The van der Waals surface area contributed by atoms with E-state index in [1.54, 1.807) is 14.0 Å². The first-order valence-electron chi connectivity index (χ1n) is 8.62. The number of thiophene rings is 1. The van der Waals surface area contributed by atoms with Crippen LogP contribution in [0, 0.1) is 13.8 Å². The lowest BCUT2D eigenvalue weighted by Crippen LogP contribution is -2.26. The molecule has 0 bridgehead atoms. The molecule has 138 valence electrons. The first kappa shape index (κ1) is 17.5. The highest BCUT2D eigenvalue weighted by molar-refractivity contribution is 7.20. The Balaban J connectivity index is 1.68. The topological polar surface area (TPSA) is 77.1 Å². The largest absolute Gasteiger partial charge is 0.459 e. The molecule has 0 radical (unpaired) electrons. The van der Waals surface area contributed by atoms with Gasteiger partial charge in [-0.05, 0) is 32.4 Å². The third-order valence-corrected chi connectivity index (χ3v) is 6.04. The van der Waals surface area contributed by atoms with E-state index in [0.29, 0.717) is 20.7 Å². The van der Waals surface area contributed by atoms with Gasteiger partial charge in [0.2, 0.25) is 0 Å². The summed E-state index contributed by atoms with van der Waals surface area (Å²) in [4.78, 5) is 30.6. The summed E-state index contributed by atoms with van der Waals surface area (Å²) in [5.41, 5.74) is 2.34. The summed E-state index contributed by atoms with van der Waals surface area (Å²) in [7, 11) is 1.65. The maximum atomic E-state index is 12.9. The maximum absolute atomic E-state index is 12.9. The fourth-order valence-corrected chi connectivity index (χ4v) is 4.40. The van der Waals surface area contributed by atoms with Crippen LogP contribution in [0.5, 0.6) is 0 Å². The van der Waals surface area contributed by atoms with Crippen molar-refractivity contribution < 1.29 is 9.21 Å². The zero-order valence-corrected chi connectivity index (χ0v) is 16.3. The second kappa shape index (κ2) is 6.35. The molecule has 0 aliphatic heterocycles. The van der Waals surface area contributed by atoms with Crippen molar-refractivity contribution in [3.05, 3.63) is 62.7 Å². The normalized spacial score (nSPS) is 12.6. The van der Waals surface area contributed by atoms with Crippen molar-refractivity contribution in [2.45, 2.75) is 26.8 Å². The van der Waals surface area contributed by atoms with Crippen molar-refractivity contribution >= 4 is 38.4 Å². The van der Waals surface area contributed by atoms with Gasteiger partial charge in [0.1, 0.15) is 16.2 Å². The zero-order valence-electron chi connectivity index (χ0n) is 15.5. The van der Waals surface area contributed by atoms with E-state index in [0.717, 1.165) is 22.3 Å². The van der Waals surface area contributed by atoms with Crippen LogP contribution < -0.4 is 10.9 Å². The second-order valence-corrected chi connectivity index (χ2v) is 7.68. The Morgan fingerprint density at radius 2 is 2.00 bits per heavy atom. The van der Waals surface area contributed by atoms with E-state index < -0.39 is 0 Å². The molecular formula is C20H19N3O3S. The van der Waals surface area contributed by atoms with Gasteiger partial charge in [0.05, 0.1) is 22.6 Å². The van der Waals surface area contributed by atoms with Crippen LogP contribution in [-0.2, 0) is 7.05 Å². The van der Waals surface area contributed by atoms with Crippen molar-refractivity contribution in [2.24, 2.45) is 7.05 Å². The number of hydrogen-bond acceptors (Lipinski definition) is 5. The smallest absolute Gasteiger partial charge is 0.262 e. The molecule has 3 heterocycles. The number of nitrogens with one attached hydrogen (secondary N) is 1. The fourth-order valence-electron chi connectivity index (χ4n) is 3.36. The molecule has 7 heteroatoms. The van der Waals surface area contributed by atoms with Crippen molar-refractivity contribution in [2.75, 3.05) is 0 Å². The number of carbonyl (C=O) groups excluding carboxylic acids is 1. The molecule has 1 atom stereocenters. The minimum Gasteiger partial charge on any atom is -0.459 e. The van der Waals surface area contributed by atoms with E-state index in [4.69, 9.17) is 4.42 Å². The van der Waals surface area contributed by atoms with Crippen LogP contribution >= 0.6 is 11.3 Å². The number of amides is 1. The molecule has 3 aromatic heterocycles. The molecule has 6 nitrogen and oxygen atoms in total. The number of nitrogens with zero attached hydrogens (tertiary/aromatic N) is 2. The first-order valence-corrected chi connectivity index (χ1v) is 9.43. The van der Waals surface area contributed by atoms with Crippen LogP contribution in [0.15, 0.2) is 39.8 Å². The van der Waals surface area contributed by atoms with Crippen LogP contribution in [0.25, 0.3) is 21.2 Å². The zero-order chi connectivity index (χ0) is 19.3. The van der Waals surface area contributed by atoms with Gasteiger partial charge < -0.3 is 14.3 Å². The molecule has 1 amide bonds. The second-order valence-electron chi connectivity index (χ2n) is 6.68. The molecule has 0 aliphatic carbocycles. The number of benzene rings is 1. The third-order valence-electron chi connectivity index (χ3n) is 4.84. The Morgan fingerprint density at radius 1 is 1.26 bits per heavy atom. The van der Waals surface area contributed by atoms with Gasteiger partial charge in [-0.1, -0.05) is 18.2 Å². The summed E-state index contributed by atoms with van der Waals surface area (Å²) in [5, 5.41) is 4.53. The Morgan fingerprint density at radius 3 is 2.74 bits per heavy atom. The van der Waals surface area contributed by atoms with Crippen LogP contribution in [-0.4, -0.2) is 15.5 Å². The molecule has 4 rings (SSSR count). The lowest BCUT2D eigenvalue weighted by atomic mass is 10.1. The number of para-hydroxylation sites is 1. The summed E-state index contributed by atoms with van der Waals surface area (Å²) in [6.45, 7) is 5.67. The lowest BCUT2D eigenvalue weighted by molar-refractivity contribution is 0.0939. The van der Waals surface area contributed by atoms with Crippen LogP contribution in [0.3, 0.4) is 0 Å². The molecule has 27 heavy (non-hydrogen) atoms. The van der Waals surface area contributed by atoms with Gasteiger partial charge in [0.25, 0.3) is 11.5 Å². The van der Waals surface area contributed by atoms with Crippen molar-refractivity contribution in [1.82, 2.24) is 14.9 Å². The monoisotopic (exact) mass is 381 g/mol. The molecule has 0 saturated carbocycles. The highest BCUT2D eigenvalue weighted by atomic mass is 32.1. The third kappa shape index (κ3) is 2.75. The highest BCUT2D eigenvalue weighted by Crippen LogP contribution is 2.31. The molecular weight excluding hydrogens is 362 g/mol. The fraction of sp³-hybridized carbons (Fsp3) is 0.250. The molecule has 1 aromatic carbocycles. The van der Waals surface area contributed by atoms with Crippen molar-refractivity contribution in [3.63, 3.8) is 0 Å². The summed E-state index contributed by atoms with van der Waals surface area (Å²) in [6, 6.07) is 7.50. The predicted molar refractivity (Wildman–Crippen MR) is 106 cm³/mol. The Hall–Kier alpha value is -2.93. The average Bonchev–Trinajstić information content (AvgIpc) is 3.17. The van der Waals surface area contributed by atoms with Gasteiger partial charge in [0, 0.05) is 18.0 Å². The Labute approximate surface area is 159 Å². The summed E-state index contributed by atoms with van der Waals surface area (Å²) < 4.78 is 7.37. The van der Waals surface area contributed by atoms with E-state index in [-0.39, 0.29) is 17.5 Å². The first-order chi connectivity index (χ1) is 12.9. The molecule has 0 fully saturated rings. The molecule has 4 aromatic rings. The summed E-state index contributed by atoms with van der Waals surface area (Å²) in [5.74, 6) is 0.502. The number of aryl methyl sites for hydroxylation is 3. The maximum Gasteiger partial charge on any atom is 0.262 e. The van der Waals surface area contributed by atoms with E-state index in [1.165, 1.54) is 22.2 Å². The summed E-state index contributed by atoms with van der Waals surface area (Å²) >= 11 is 1.23. The quantitative estimate of drug-likeness (QED) is 0.585. The number of aromatic nitrogens is 2. The van der Waals surface area contributed by atoms with Crippen LogP contribution in [0.1, 0.15) is 39.5 Å². The van der Waals surface area contributed by atoms with Gasteiger partial charge >= 0.3 is 0 Å². The standard InChI is InChI=1S/C20H19N3O3S/c1-10-13-7-5-6-8-14(13)26-16(10)12(3)22-18(24)17-11(2)15-19(27-17)21-9-23(4)20(15)25/h5-9,12H,1-4H3,(H,22,24). The lowest BCUT2D eigenvalue weighted by Gasteiger charge is -2.12. The number of rotatable bonds is 3. The van der Waals surface area contributed by atoms with Gasteiger partial charge in [-0.3, -0.25) is 9.59 Å². The van der Waals surface area contributed by atoms with Crippen molar-refractivity contribution in [1.29, 1.82) is 0 Å². The van der Waals surface area contributed by atoms with Gasteiger partial charge in [-0.25, -0.2) is 4.98 Å². The predicted octanol–water partition coefficient (Wildman–Crippen LogP) is 3.85. The van der Waals surface area contributed by atoms with E-state index in [2.05, 4.69) is 10.3 Å². The molecule has 0 aliphatic rings. The minimum absolute atomic E-state index is 0.144. The number of fused-ring (bicyclic) bond motifs is 2. The highest BCUT2D eigenvalue weighted by Gasteiger charge is 2.23.